The summed E-state index contributed by atoms with van der Waals surface area (Å²) in [5, 5.41) is 0. The molecule has 0 amide bonds. The number of hydrogen-bond acceptors (Lipinski definition) is 3. The number of aryl methyl sites for hydroxylation is 1. The van der Waals surface area contributed by atoms with Gasteiger partial charge in [0, 0.05) is 30.6 Å². The average Bonchev–Trinajstić information content (AvgIpc) is 2.77. The first-order chi connectivity index (χ1) is 8.22. The second-order valence-corrected chi connectivity index (χ2v) is 4.14. The highest BCUT2D eigenvalue weighted by Gasteiger charge is 2.08. The summed E-state index contributed by atoms with van der Waals surface area (Å²) in [7, 11) is 0. The fourth-order valence-electron chi connectivity index (χ4n) is 1.77. The molecule has 0 fully saturated rings. The normalized spacial score (nSPS) is 10.4. The van der Waals surface area contributed by atoms with E-state index in [0.29, 0.717) is 17.2 Å². The van der Waals surface area contributed by atoms with Crippen LogP contribution < -0.4 is 5.73 Å². The molecule has 0 aliphatic carbocycles. The topological polar surface area (TPSA) is 56.7 Å². The smallest absolute Gasteiger partial charge is 0.123 e. The molecule has 0 bridgehead atoms. The quantitative estimate of drug-likeness (QED) is 0.831. The lowest BCUT2D eigenvalue weighted by Crippen LogP contribution is -2.16. The molecule has 0 spiro atoms. The minimum atomic E-state index is 0.332. The summed E-state index contributed by atoms with van der Waals surface area (Å²) in [6.07, 6.45) is 6.35. The van der Waals surface area contributed by atoms with Gasteiger partial charge in [-0.05, 0) is 6.07 Å². The SMILES string of the molecule is CCc1nccn1Cc1cccnc1C(N)=S. The van der Waals surface area contributed by atoms with Gasteiger partial charge in [-0.2, -0.15) is 0 Å². The number of hydrogen-bond donors (Lipinski definition) is 1. The van der Waals surface area contributed by atoms with Crippen LogP contribution in [0, 0.1) is 0 Å². The standard InChI is InChI=1S/C12H14N4S/c1-2-10-14-6-7-16(10)8-9-4-3-5-15-11(9)12(13)17/h3-7H,2,8H2,1H3,(H2,13,17). The summed E-state index contributed by atoms with van der Waals surface area (Å²) in [4.78, 5) is 8.83. The van der Waals surface area contributed by atoms with Gasteiger partial charge in [0.05, 0.1) is 6.54 Å². The third-order valence-electron chi connectivity index (χ3n) is 2.58. The molecule has 2 aromatic rings. The maximum absolute atomic E-state index is 5.66. The van der Waals surface area contributed by atoms with Gasteiger partial charge in [0.1, 0.15) is 16.5 Å². The van der Waals surface area contributed by atoms with Gasteiger partial charge in [0.15, 0.2) is 0 Å². The van der Waals surface area contributed by atoms with Crippen LogP contribution in [0.4, 0.5) is 0 Å². The van der Waals surface area contributed by atoms with Gasteiger partial charge in [-0.25, -0.2) is 4.98 Å². The largest absolute Gasteiger partial charge is 0.388 e. The molecule has 2 N–H and O–H groups in total. The Balaban J connectivity index is 2.33. The first kappa shape index (κ1) is 11.7. The highest BCUT2D eigenvalue weighted by Crippen LogP contribution is 2.09. The van der Waals surface area contributed by atoms with Gasteiger partial charge in [0.2, 0.25) is 0 Å². The van der Waals surface area contributed by atoms with E-state index in [4.69, 9.17) is 18.0 Å². The highest BCUT2D eigenvalue weighted by molar-refractivity contribution is 7.80. The summed E-state index contributed by atoms with van der Waals surface area (Å²) in [6.45, 7) is 2.78. The number of imidazole rings is 1. The van der Waals surface area contributed by atoms with Crippen molar-refractivity contribution in [1.82, 2.24) is 14.5 Å². The predicted octanol–water partition coefficient (Wildman–Crippen LogP) is 1.52. The number of pyridine rings is 1. The van der Waals surface area contributed by atoms with Crippen LogP contribution in [0.2, 0.25) is 0 Å². The third kappa shape index (κ3) is 2.50. The maximum Gasteiger partial charge on any atom is 0.123 e. The van der Waals surface area contributed by atoms with E-state index in [0.717, 1.165) is 17.8 Å². The number of nitrogens with zero attached hydrogens (tertiary/aromatic N) is 3. The highest BCUT2D eigenvalue weighted by atomic mass is 32.1. The first-order valence-corrected chi connectivity index (χ1v) is 5.87. The summed E-state index contributed by atoms with van der Waals surface area (Å²) < 4.78 is 2.08. The monoisotopic (exact) mass is 246 g/mol. The summed E-state index contributed by atoms with van der Waals surface area (Å²) in [6, 6.07) is 3.88. The minimum absolute atomic E-state index is 0.332. The Morgan fingerprint density at radius 3 is 2.94 bits per heavy atom. The molecule has 4 nitrogen and oxygen atoms in total. The van der Waals surface area contributed by atoms with Crippen molar-refractivity contribution in [2.45, 2.75) is 19.9 Å². The molecular formula is C12H14N4S. The molecule has 88 valence electrons. The molecule has 0 saturated heterocycles. The number of thiocarbonyl (C=S) groups is 1. The van der Waals surface area contributed by atoms with Crippen LogP contribution in [0.3, 0.4) is 0 Å². The molecule has 0 atom stereocenters. The van der Waals surface area contributed by atoms with E-state index in [9.17, 15) is 0 Å². The van der Waals surface area contributed by atoms with E-state index in [2.05, 4.69) is 21.5 Å². The van der Waals surface area contributed by atoms with E-state index in [1.807, 2.05) is 18.3 Å². The van der Waals surface area contributed by atoms with Gasteiger partial charge in [-0.15, -0.1) is 0 Å². The average molecular weight is 246 g/mol. The number of aromatic nitrogens is 3. The fraction of sp³-hybridized carbons (Fsp3) is 0.250. The van der Waals surface area contributed by atoms with Crippen LogP contribution in [0.25, 0.3) is 0 Å². The fourth-order valence-corrected chi connectivity index (χ4v) is 1.95. The van der Waals surface area contributed by atoms with Crippen molar-refractivity contribution in [2.24, 2.45) is 5.73 Å². The van der Waals surface area contributed by atoms with Crippen LogP contribution in [-0.2, 0) is 13.0 Å². The molecule has 2 aromatic heterocycles. The Morgan fingerprint density at radius 2 is 2.24 bits per heavy atom. The zero-order chi connectivity index (χ0) is 12.3. The summed E-state index contributed by atoms with van der Waals surface area (Å²) in [5.74, 6) is 1.04. The second-order valence-electron chi connectivity index (χ2n) is 3.70. The van der Waals surface area contributed by atoms with Crippen molar-refractivity contribution >= 4 is 17.2 Å². The number of rotatable bonds is 4. The van der Waals surface area contributed by atoms with Gasteiger partial charge in [-0.1, -0.05) is 25.2 Å². The van der Waals surface area contributed by atoms with Crippen molar-refractivity contribution in [1.29, 1.82) is 0 Å². The van der Waals surface area contributed by atoms with Crippen LogP contribution in [0.5, 0.6) is 0 Å². The van der Waals surface area contributed by atoms with Crippen molar-refractivity contribution in [3.8, 4) is 0 Å². The lowest BCUT2D eigenvalue weighted by molar-refractivity contribution is 0.729. The molecule has 0 saturated carbocycles. The Bertz CT molecular complexity index is 533. The van der Waals surface area contributed by atoms with Crippen LogP contribution in [0.1, 0.15) is 24.0 Å². The van der Waals surface area contributed by atoms with E-state index in [-0.39, 0.29) is 0 Å². The van der Waals surface area contributed by atoms with E-state index in [1.165, 1.54) is 0 Å². The van der Waals surface area contributed by atoms with Gasteiger partial charge in [0.25, 0.3) is 0 Å². The van der Waals surface area contributed by atoms with Gasteiger partial charge >= 0.3 is 0 Å². The van der Waals surface area contributed by atoms with Crippen molar-refractivity contribution in [2.75, 3.05) is 0 Å². The lowest BCUT2D eigenvalue weighted by Gasteiger charge is -2.09. The summed E-state index contributed by atoms with van der Waals surface area (Å²) in [5.41, 5.74) is 7.37. The number of nitrogens with two attached hydrogens (primary N) is 1. The molecule has 0 aliphatic rings. The second kappa shape index (κ2) is 5.05. The Hall–Kier alpha value is -1.75. The zero-order valence-electron chi connectivity index (χ0n) is 9.63. The minimum Gasteiger partial charge on any atom is -0.388 e. The van der Waals surface area contributed by atoms with Crippen LogP contribution >= 0.6 is 12.2 Å². The Kier molecular flexibility index (Phi) is 3.49. The van der Waals surface area contributed by atoms with E-state index in [1.54, 1.807) is 12.4 Å². The molecule has 0 radical (unpaired) electrons. The molecule has 2 heterocycles. The lowest BCUT2D eigenvalue weighted by atomic mass is 10.2. The maximum atomic E-state index is 5.66. The third-order valence-corrected chi connectivity index (χ3v) is 2.78. The van der Waals surface area contributed by atoms with Gasteiger partial charge in [-0.3, -0.25) is 4.98 Å². The van der Waals surface area contributed by atoms with Gasteiger partial charge < -0.3 is 10.3 Å². The molecule has 0 aromatic carbocycles. The zero-order valence-corrected chi connectivity index (χ0v) is 10.4. The van der Waals surface area contributed by atoms with Crippen molar-refractivity contribution < 1.29 is 0 Å². The molecule has 0 aliphatic heterocycles. The molecule has 2 rings (SSSR count). The van der Waals surface area contributed by atoms with Crippen molar-refractivity contribution in [3.63, 3.8) is 0 Å². The predicted molar refractivity (Wildman–Crippen MR) is 70.8 cm³/mol. The molecule has 0 unspecified atom stereocenters. The Labute approximate surface area is 106 Å². The van der Waals surface area contributed by atoms with Crippen molar-refractivity contribution in [3.05, 3.63) is 47.8 Å². The first-order valence-electron chi connectivity index (χ1n) is 5.46. The molecular weight excluding hydrogens is 232 g/mol. The Morgan fingerprint density at radius 1 is 1.41 bits per heavy atom. The van der Waals surface area contributed by atoms with E-state index < -0.39 is 0 Å². The summed E-state index contributed by atoms with van der Waals surface area (Å²) >= 11 is 5.00. The molecule has 17 heavy (non-hydrogen) atoms. The molecule has 5 heteroatoms. The van der Waals surface area contributed by atoms with Crippen LogP contribution in [-0.4, -0.2) is 19.5 Å². The van der Waals surface area contributed by atoms with E-state index >= 15 is 0 Å². The van der Waals surface area contributed by atoms with Crippen LogP contribution in [0.15, 0.2) is 30.7 Å².